The molecular formula is C13H12N4O4S. The Kier molecular flexibility index (Phi) is 4.47. The first-order valence-electron chi connectivity index (χ1n) is 6.10. The number of aromatic nitrogens is 1. The van der Waals surface area contributed by atoms with Crippen LogP contribution in [0.25, 0.3) is 0 Å². The van der Waals surface area contributed by atoms with E-state index in [-0.39, 0.29) is 10.6 Å². The fourth-order valence-electron chi connectivity index (χ4n) is 1.63. The Morgan fingerprint density at radius 2 is 2.14 bits per heavy atom. The van der Waals surface area contributed by atoms with Crippen molar-refractivity contribution in [2.45, 2.75) is 11.8 Å². The van der Waals surface area contributed by atoms with Gasteiger partial charge in [0, 0.05) is 29.6 Å². The molecule has 8 nitrogen and oxygen atoms in total. The lowest BCUT2D eigenvalue weighted by Crippen LogP contribution is -2.18. The van der Waals surface area contributed by atoms with Crippen LogP contribution in [0.4, 0.5) is 5.69 Å². The van der Waals surface area contributed by atoms with Gasteiger partial charge in [0.05, 0.1) is 16.0 Å². The van der Waals surface area contributed by atoms with Crippen molar-refractivity contribution in [3.05, 3.63) is 64.0 Å². The molecule has 9 heteroatoms. The number of nitrogens with zero attached hydrogens (tertiary/aromatic N) is 3. The van der Waals surface area contributed by atoms with Gasteiger partial charge in [0.25, 0.3) is 15.7 Å². The number of nitro groups is 1. The Morgan fingerprint density at radius 3 is 2.77 bits per heavy atom. The highest BCUT2D eigenvalue weighted by molar-refractivity contribution is 7.89. The first-order chi connectivity index (χ1) is 10.4. The van der Waals surface area contributed by atoms with Crippen molar-refractivity contribution in [1.29, 1.82) is 0 Å². The number of hydrazone groups is 1. The van der Waals surface area contributed by atoms with Crippen LogP contribution in [-0.4, -0.2) is 24.5 Å². The number of pyridine rings is 1. The third-order valence-electron chi connectivity index (χ3n) is 2.76. The van der Waals surface area contributed by atoms with Crippen LogP contribution in [0.2, 0.25) is 0 Å². The highest BCUT2D eigenvalue weighted by atomic mass is 32.2. The van der Waals surface area contributed by atoms with E-state index in [9.17, 15) is 18.5 Å². The van der Waals surface area contributed by atoms with Gasteiger partial charge in [-0.15, -0.1) is 0 Å². The van der Waals surface area contributed by atoms with Gasteiger partial charge in [0.2, 0.25) is 0 Å². The van der Waals surface area contributed by atoms with Crippen molar-refractivity contribution in [1.82, 2.24) is 9.82 Å². The third-order valence-corrected chi connectivity index (χ3v) is 3.98. The van der Waals surface area contributed by atoms with Crippen LogP contribution < -0.4 is 4.83 Å². The first kappa shape index (κ1) is 15.6. The van der Waals surface area contributed by atoms with E-state index in [4.69, 9.17) is 0 Å². The number of nitro benzene ring substituents is 1. The highest BCUT2D eigenvalue weighted by Gasteiger charge is 2.19. The summed E-state index contributed by atoms with van der Waals surface area (Å²) in [5, 5.41) is 14.5. The Bertz CT molecular complexity index is 819. The fraction of sp³-hybridized carbons (Fsp3) is 0.0769. The van der Waals surface area contributed by atoms with E-state index in [0.29, 0.717) is 11.1 Å². The molecule has 0 saturated heterocycles. The first-order valence-corrected chi connectivity index (χ1v) is 7.58. The molecule has 1 aromatic heterocycles. The summed E-state index contributed by atoms with van der Waals surface area (Å²) in [6.45, 7) is 1.53. The molecule has 22 heavy (non-hydrogen) atoms. The zero-order chi connectivity index (χ0) is 16.2. The zero-order valence-corrected chi connectivity index (χ0v) is 12.3. The molecule has 1 heterocycles. The molecule has 2 aromatic rings. The maximum Gasteiger partial charge on any atom is 0.276 e. The van der Waals surface area contributed by atoms with Crippen LogP contribution in [0.5, 0.6) is 0 Å². The van der Waals surface area contributed by atoms with Gasteiger partial charge >= 0.3 is 0 Å². The van der Waals surface area contributed by atoms with Gasteiger partial charge in [0.15, 0.2) is 0 Å². The second-order valence-electron chi connectivity index (χ2n) is 4.34. The van der Waals surface area contributed by atoms with Gasteiger partial charge in [0.1, 0.15) is 0 Å². The molecule has 114 valence electrons. The van der Waals surface area contributed by atoms with Gasteiger partial charge in [-0.1, -0.05) is 12.1 Å². The predicted octanol–water partition coefficient (Wildman–Crippen LogP) is 1.61. The average Bonchev–Trinajstić information content (AvgIpc) is 2.48. The summed E-state index contributed by atoms with van der Waals surface area (Å²) >= 11 is 0. The fourth-order valence-corrected chi connectivity index (χ4v) is 2.44. The van der Waals surface area contributed by atoms with Crippen LogP contribution in [0, 0.1) is 17.0 Å². The molecule has 0 radical (unpaired) electrons. The number of benzene rings is 1. The van der Waals surface area contributed by atoms with Crippen molar-refractivity contribution in [3.63, 3.8) is 0 Å². The van der Waals surface area contributed by atoms with Gasteiger partial charge in [-0.25, -0.2) is 4.83 Å². The minimum Gasteiger partial charge on any atom is -0.264 e. The summed E-state index contributed by atoms with van der Waals surface area (Å²) in [5.74, 6) is 0. The Labute approximate surface area is 126 Å². The minimum atomic E-state index is -3.98. The SMILES string of the molecule is Cc1ccc(S(=O)(=O)N/N=C\c2cccnc2)cc1[N+](=O)[O-]. The summed E-state index contributed by atoms with van der Waals surface area (Å²) in [5.41, 5.74) is 0.724. The second-order valence-corrected chi connectivity index (χ2v) is 6.01. The number of rotatable bonds is 5. The molecule has 0 unspecified atom stereocenters. The van der Waals surface area contributed by atoms with Crippen molar-refractivity contribution in [2.24, 2.45) is 5.10 Å². The monoisotopic (exact) mass is 320 g/mol. The van der Waals surface area contributed by atoms with E-state index in [1.807, 2.05) is 4.83 Å². The number of hydrogen-bond donors (Lipinski definition) is 1. The standard InChI is InChI=1S/C13H12N4O4S/c1-10-4-5-12(7-13(10)17(18)19)22(20,21)16-15-9-11-3-2-6-14-8-11/h2-9,16H,1H3/b15-9-. The topological polar surface area (TPSA) is 115 Å². The Hall–Kier alpha value is -2.81. The molecule has 0 atom stereocenters. The summed E-state index contributed by atoms with van der Waals surface area (Å²) < 4.78 is 24.1. The molecule has 0 spiro atoms. The maximum absolute atomic E-state index is 12.0. The largest absolute Gasteiger partial charge is 0.276 e. The van der Waals surface area contributed by atoms with Gasteiger partial charge in [-0.2, -0.15) is 13.5 Å². The lowest BCUT2D eigenvalue weighted by molar-refractivity contribution is -0.385. The Morgan fingerprint density at radius 1 is 1.36 bits per heavy atom. The predicted molar refractivity (Wildman–Crippen MR) is 80.0 cm³/mol. The third kappa shape index (κ3) is 3.64. The Balaban J connectivity index is 2.22. The van der Waals surface area contributed by atoms with Crippen LogP contribution >= 0.6 is 0 Å². The molecule has 1 N–H and O–H groups in total. The van der Waals surface area contributed by atoms with Crippen molar-refractivity contribution in [2.75, 3.05) is 0 Å². The van der Waals surface area contributed by atoms with E-state index in [0.717, 1.165) is 6.07 Å². The quantitative estimate of drug-likeness (QED) is 0.510. The molecule has 0 bridgehead atoms. The molecule has 0 saturated carbocycles. The number of sulfonamides is 1. The normalized spacial score (nSPS) is 11.5. The van der Waals surface area contributed by atoms with E-state index in [2.05, 4.69) is 10.1 Å². The van der Waals surface area contributed by atoms with Crippen molar-refractivity contribution < 1.29 is 13.3 Å². The van der Waals surface area contributed by atoms with Crippen molar-refractivity contribution in [3.8, 4) is 0 Å². The summed E-state index contributed by atoms with van der Waals surface area (Å²) in [6.07, 6.45) is 4.37. The molecule has 0 aliphatic rings. The smallest absolute Gasteiger partial charge is 0.264 e. The van der Waals surface area contributed by atoms with Crippen LogP contribution in [0.3, 0.4) is 0 Å². The van der Waals surface area contributed by atoms with E-state index in [1.54, 1.807) is 18.3 Å². The lowest BCUT2D eigenvalue weighted by atomic mass is 10.2. The van der Waals surface area contributed by atoms with Gasteiger partial charge in [-0.3, -0.25) is 15.1 Å². The lowest BCUT2D eigenvalue weighted by Gasteiger charge is -2.04. The minimum absolute atomic E-state index is 0.229. The number of hydrogen-bond acceptors (Lipinski definition) is 6. The highest BCUT2D eigenvalue weighted by Crippen LogP contribution is 2.21. The maximum atomic E-state index is 12.0. The average molecular weight is 320 g/mol. The zero-order valence-electron chi connectivity index (χ0n) is 11.5. The van der Waals surface area contributed by atoms with Crippen LogP contribution in [0.15, 0.2) is 52.7 Å². The second kappa shape index (κ2) is 6.31. The van der Waals surface area contributed by atoms with Gasteiger partial charge in [-0.05, 0) is 19.1 Å². The number of nitrogens with one attached hydrogen (secondary N) is 1. The molecular weight excluding hydrogens is 308 g/mol. The molecule has 1 aromatic carbocycles. The van der Waals surface area contributed by atoms with Crippen LogP contribution in [-0.2, 0) is 10.0 Å². The molecule has 0 amide bonds. The molecule has 0 fully saturated rings. The molecule has 0 aliphatic carbocycles. The van der Waals surface area contributed by atoms with E-state index in [1.165, 1.54) is 31.5 Å². The molecule has 2 rings (SSSR count). The van der Waals surface area contributed by atoms with Crippen molar-refractivity contribution >= 4 is 21.9 Å². The summed E-state index contributed by atoms with van der Waals surface area (Å²) in [6, 6.07) is 7.03. The summed E-state index contributed by atoms with van der Waals surface area (Å²) in [4.78, 5) is 15.8. The summed E-state index contributed by atoms with van der Waals surface area (Å²) in [7, 11) is -3.98. The number of aryl methyl sites for hydroxylation is 1. The van der Waals surface area contributed by atoms with E-state index >= 15 is 0 Å². The van der Waals surface area contributed by atoms with Gasteiger partial charge < -0.3 is 0 Å². The van der Waals surface area contributed by atoms with Crippen LogP contribution in [0.1, 0.15) is 11.1 Å². The molecule has 0 aliphatic heterocycles. The van der Waals surface area contributed by atoms with E-state index < -0.39 is 14.9 Å².